The highest BCUT2D eigenvalue weighted by atomic mass is 127. The van der Waals surface area contributed by atoms with Crippen LogP contribution in [0.15, 0.2) is 35.3 Å². The summed E-state index contributed by atoms with van der Waals surface area (Å²) in [6.45, 7) is 2.82. The van der Waals surface area contributed by atoms with Crippen LogP contribution in [0.3, 0.4) is 0 Å². The van der Waals surface area contributed by atoms with Gasteiger partial charge in [0.25, 0.3) is 0 Å². The first-order valence-electron chi connectivity index (χ1n) is 7.51. The highest BCUT2D eigenvalue weighted by Crippen LogP contribution is 2.24. The molecule has 0 amide bonds. The molecule has 118 valence electrons. The summed E-state index contributed by atoms with van der Waals surface area (Å²) < 4.78 is 0. The Labute approximate surface area is 153 Å². The van der Waals surface area contributed by atoms with Gasteiger partial charge in [0, 0.05) is 15.4 Å². The molecule has 1 aliphatic rings. The molecule has 0 aliphatic heterocycles. The molecule has 0 atom stereocenters. The van der Waals surface area contributed by atoms with Crippen LogP contribution in [0.4, 0.5) is 5.69 Å². The molecule has 0 radical (unpaired) electrons. The van der Waals surface area contributed by atoms with E-state index in [0.29, 0.717) is 12.5 Å². The molecular weight excluding hydrogens is 405 g/mol. The number of nitrogens with one attached hydrogen (secondary N) is 1. The second-order valence-corrected chi connectivity index (χ2v) is 6.64. The quantitative estimate of drug-likeness (QED) is 0.433. The van der Waals surface area contributed by atoms with Crippen LogP contribution in [0.25, 0.3) is 0 Å². The van der Waals surface area contributed by atoms with E-state index < -0.39 is 0 Å². The van der Waals surface area contributed by atoms with Crippen molar-refractivity contribution < 1.29 is 0 Å². The van der Waals surface area contributed by atoms with Crippen molar-refractivity contribution in [2.75, 3.05) is 5.32 Å². The van der Waals surface area contributed by atoms with E-state index in [1.807, 2.05) is 11.3 Å². The van der Waals surface area contributed by atoms with Gasteiger partial charge in [0.1, 0.15) is 0 Å². The summed E-state index contributed by atoms with van der Waals surface area (Å²) in [4.78, 5) is 7.07. The van der Waals surface area contributed by atoms with Gasteiger partial charge in [0.05, 0.1) is 6.54 Å². The molecular formula is C17H22IN3S. The highest BCUT2D eigenvalue weighted by molar-refractivity contribution is 14.0. The number of nitrogens with zero attached hydrogens (tertiary/aromatic N) is 1. The van der Waals surface area contributed by atoms with Gasteiger partial charge in [-0.25, -0.2) is 4.99 Å². The first-order chi connectivity index (χ1) is 10.2. The van der Waals surface area contributed by atoms with Gasteiger partial charge in [-0.05, 0) is 61.1 Å². The van der Waals surface area contributed by atoms with Crippen LogP contribution in [0.2, 0.25) is 0 Å². The number of anilines is 1. The third-order valence-electron chi connectivity index (χ3n) is 3.84. The summed E-state index contributed by atoms with van der Waals surface area (Å²) in [7, 11) is 0. The largest absolute Gasteiger partial charge is 0.370 e. The Morgan fingerprint density at radius 2 is 1.95 bits per heavy atom. The summed E-state index contributed by atoms with van der Waals surface area (Å²) in [5.74, 6) is 0.486. The molecule has 1 aliphatic carbocycles. The van der Waals surface area contributed by atoms with Crippen molar-refractivity contribution in [2.45, 2.75) is 39.2 Å². The first-order valence-corrected chi connectivity index (χ1v) is 8.32. The first kappa shape index (κ1) is 17.3. The molecule has 1 aromatic heterocycles. The predicted octanol–water partition coefficient (Wildman–Crippen LogP) is 4.34. The Bertz CT molecular complexity index is 664. The van der Waals surface area contributed by atoms with E-state index in [1.54, 1.807) is 0 Å². The van der Waals surface area contributed by atoms with Crippen molar-refractivity contribution in [1.82, 2.24) is 0 Å². The number of guanidine groups is 1. The molecule has 1 heterocycles. The van der Waals surface area contributed by atoms with Gasteiger partial charge in [0.2, 0.25) is 0 Å². The van der Waals surface area contributed by atoms with E-state index in [-0.39, 0.29) is 24.0 Å². The number of hydrogen-bond donors (Lipinski definition) is 2. The minimum Gasteiger partial charge on any atom is -0.370 e. The van der Waals surface area contributed by atoms with Crippen LogP contribution in [-0.2, 0) is 25.8 Å². The molecule has 0 saturated heterocycles. The average molecular weight is 427 g/mol. The van der Waals surface area contributed by atoms with Crippen LogP contribution < -0.4 is 11.1 Å². The second-order valence-electron chi connectivity index (χ2n) is 5.39. The smallest absolute Gasteiger partial charge is 0.193 e. The maximum Gasteiger partial charge on any atom is 0.193 e. The third-order valence-corrected chi connectivity index (χ3v) is 5.06. The Kier molecular flexibility index (Phi) is 6.26. The van der Waals surface area contributed by atoms with Crippen molar-refractivity contribution in [1.29, 1.82) is 0 Å². The third kappa shape index (κ3) is 4.23. The lowest BCUT2D eigenvalue weighted by Crippen LogP contribution is -2.22. The second kappa shape index (κ2) is 7.97. The molecule has 0 unspecified atom stereocenters. The number of aryl methyl sites for hydroxylation is 3. The van der Waals surface area contributed by atoms with Gasteiger partial charge < -0.3 is 11.1 Å². The zero-order valence-electron chi connectivity index (χ0n) is 12.8. The number of halogens is 1. The molecule has 0 bridgehead atoms. The zero-order valence-corrected chi connectivity index (χ0v) is 15.9. The fourth-order valence-electron chi connectivity index (χ4n) is 2.70. The molecule has 0 fully saturated rings. The van der Waals surface area contributed by atoms with Crippen molar-refractivity contribution in [3.05, 3.63) is 51.2 Å². The van der Waals surface area contributed by atoms with Crippen molar-refractivity contribution >= 4 is 47.0 Å². The van der Waals surface area contributed by atoms with Crippen LogP contribution in [0.5, 0.6) is 0 Å². The molecule has 3 nitrogen and oxygen atoms in total. The fourth-order valence-corrected chi connectivity index (χ4v) is 3.58. The van der Waals surface area contributed by atoms with Gasteiger partial charge in [-0.2, -0.15) is 0 Å². The summed E-state index contributed by atoms with van der Waals surface area (Å²) in [6, 6.07) is 10.8. The SMILES string of the molecule is CCc1ccc(CN=C(N)Nc2ccc3c(c2)CCC3)s1.I. The van der Waals surface area contributed by atoms with Gasteiger partial charge in [0.15, 0.2) is 5.96 Å². The number of hydrogen-bond acceptors (Lipinski definition) is 2. The van der Waals surface area contributed by atoms with Gasteiger partial charge >= 0.3 is 0 Å². The van der Waals surface area contributed by atoms with Gasteiger partial charge in [-0.15, -0.1) is 35.3 Å². The van der Waals surface area contributed by atoms with E-state index in [2.05, 4.69) is 47.6 Å². The Morgan fingerprint density at radius 1 is 1.18 bits per heavy atom. The van der Waals surface area contributed by atoms with Crippen LogP contribution in [0.1, 0.15) is 34.2 Å². The summed E-state index contributed by atoms with van der Waals surface area (Å²) in [5.41, 5.74) is 9.94. The van der Waals surface area contributed by atoms with E-state index in [4.69, 9.17) is 5.73 Å². The fraction of sp³-hybridized carbons (Fsp3) is 0.353. The molecule has 5 heteroatoms. The molecule has 0 spiro atoms. The van der Waals surface area contributed by atoms with Gasteiger partial charge in [-0.3, -0.25) is 0 Å². The van der Waals surface area contributed by atoms with E-state index in [0.717, 1.165) is 12.1 Å². The molecule has 3 rings (SSSR count). The lowest BCUT2D eigenvalue weighted by atomic mass is 10.1. The number of aliphatic imine (C=N–C) groups is 1. The number of nitrogens with two attached hydrogens (primary N) is 1. The minimum atomic E-state index is 0. The monoisotopic (exact) mass is 427 g/mol. The maximum atomic E-state index is 5.98. The summed E-state index contributed by atoms with van der Waals surface area (Å²) in [5, 5.41) is 3.20. The Hall–Kier alpha value is -1.08. The molecule has 22 heavy (non-hydrogen) atoms. The summed E-state index contributed by atoms with van der Waals surface area (Å²) in [6.07, 6.45) is 4.73. The summed E-state index contributed by atoms with van der Waals surface area (Å²) >= 11 is 1.81. The number of rotatable bonds is 4. The lowest BCUT2D eigenvalue weighted by molar-refractivity contribution is 0.912. The van der Waals surface area contributed by atoms with Crippen molar-refractivity contribution in [3.8, 4) is 0 Å². The minimum absolute atomic E-state index is 0. The highest BCUT2D eigenvalue weighted by Gasteiger charge is 2.10. The van der Waals surface area contributed by atoms with Crippen molar-refractivity contribution in [2.24, 2.45) is 10.7 Å². The predicted molar refractivity (Wildman–Crippen MR) is 107 cm³/mol. The molecule has 2 aromatic rings. The number of benzene rings is 1. The van der Waals surface area contributed by atoms with Crippen LogP contribution in [0, 0.1) is 0 Å². The van der Waals surface area contributed by atoms with Crippen LogP contribution in [-0.4, -0.2) is 5.96 Å². The molecule has 1 aromatic carbocycles. The van der Waals surface area contributed by atoms with Crippen molar-refractivity contribution in [3.63, 3.8) is 0 Å². The van der Waals surface area contributed by atoms with Crippen LogP contribution >= 0.6 is 35.3 Å². The van der Waals surface area contributed by atoms with Gasteiger partial charge in [-0.1, -0.05) is 13.0 Å². The molecule has 3 N–H and O–H groups in total. The number of fused-ring (bicyclic) bond motifs is 1. The van der Waals surface area contributed by atoms with E-state index >= 15 is 0 Å². The Balaban J connectivity index is 0.00000176. The van der Waals surface area contributed by atoms with E-state index in [9.17, 15) is 0 Å². The lowest BCUT2D eigenvalue weighted by Gasteiger charge is -2.07. The van der Waals surface area contributed by atoms with E-state index in [1.165, 1.54) is 40.1 Å². The number of thiophene rings is 1. The standard InChI is InChI=1S/C17H21N3S.HI/c1-2-15-8-9-16(21-15)11-19-17(18)20-14-7-6-12-4-3-5-13(12)10-14;/h6-10H,2-5,11H2,1H3,(H3,18,19,20);1H. The topological polar surface area (TPSA) is 50.4 Å². The molecule has 0 saturated carbocycles. The zero-order chi connectivity index (χ0) is 14.7. The normalized spacial score (nSPS) is 13.6. The maximum absolute atomic E-state index is 5.98. The Morgan fingerprint density at radius 3 is 2.73 bits per heavy atom. The average Bonchev–Trinajstić information content (AvgIpc) is 3.13.